The molecule has 0 spiro atoms. The van der Waals surface area contributed by atoms with E-state index in [0.717, 1.165) is 17.5 Å². The van der Waals surface area contributed by atoms with Crippen LogP contribution in [0.2, 0.25) is 0 Å². The van der Waals surface area contributed by atoms with E-state index in [1.54, 1.807) is 26.4 Å². The lowest BCUT2D eigenvalue weighted by Gasteiger charge is -2.18. The van der Waals surface area contributed by atoms with Crippen molar-refractivity contribution in [2.45, 2.75) is 32.5 Å². The fraction of sp³-hybridized carbons (Fsp3) is 0.333. The minimum absolute atomic E-state index is 0.0378. The van der Waals surface area contributed by atoms with Crippen molar-refractivity contribution in [3.05, 3.63) is 53.1 Å². The van der Waals surface area contributed by atoms with Gasteiger partial charge >= 0.3 is 7.60 Å². The van der Waals surface area contributed by atoms with E-state index in [2.05, 4.69) is 0 Å². The predicted molar refractivity (Wildman–Crippen MR) is 111 cm³/mol. The molecular weight excluding hydrogens is 379 g/mol. The molecule has 2 rings (SSSR count). The Balaban J connectivity index is 2.24. The second-order valence-electron chi connectivity index (χ2n) is 6.49. The molecule has 0 fully saturated rings. The zero-order valence-electron chi connectivity index (χ0n) is 16.6. The molecular formula is C21H27O6P. The van der Waals surface area contributed by atoms with Crippen LogP contribution < -0.4 is 14.2 Å². The number of benzene rings is 2. The number of hydrogen-bond donors (Lipinski definition) is 2. The third kappa shape index (κ3) is 6.41. The highest BCUT2D eigenvalue weighted by molar-refractivity contribution is 7.50. The fourth-order valence-electron chi connectivity index (χ4n) is 2.56. The summed E-state index contributed by atoms with van der Waals surface area (Å²) in [6.07, 6.45) is 4.46. The Bertz CT molecular complexity index is 829. The van der Waals surface area contributed by atoms with Gasteiger partial charge in [-0.25, -0.2) is 0 Å². The molecule has 0 amide bonds. The molecule has 2 aromatic carbocycles. The van der Waals surface area contributed by atoms with Crippen molar-refractivity contribution in [1.82, 2.24) is 0 Å². The zero-order chi connectivity index (χ0) is 20.7. The molecule has 0 aliphatic carbocycles. The quantitative estimate of drug-likeness (QED) is 0.463. The van der Waals surface area contributed by atoms with Crippen molar-refractivity contribution in [2.75, 3.05) is 14.2 Å². The maximum absolute atomic E-state index is 11.1. The van der Waals surface area contributed by atoms with Gasteiger partial charge < -0.3 is 24.0 Å². The zero-order valence-corrected chi connectivity index (χ0v) is 17.5. The van der Waals surface area contributed by atoms with Crippen LogP contribution in [0.4, 0.5) is 0 Å². The summed E-state index contributed by atoms with van der Waals surface area (Å²) in [6, 6.07) is 10.8. The number of ether oxygens (including phenoxy) is 3. The molecule has 7 heteroatoms. The first kappa shape index (κ1) is 22.0. The van der Waals surface area contributed by atoms with Crippen molar-refractivity contribution >= 4 is 19.7 Å². The van der Waals surface area contributed by atoms with Gasteiger partial charge in [0, 0.05) is 0 Å². The standard InChI is InChI=1S/C21H27O6P/c1-5-15(2)27-21-19(25-3)12-18(13-20(21)26-4)11-8-16-6-9-17(10-7-16)14-28(22,23)24/h6-13,15H,5,14H2,1-4H3,(H2,22,23,24)/b11-8+. The molecule has 2 N–H and O–H groups in total. The molecule has 152 valence electrons. The van der Waals surface area contributed by atoms with Crippen LogP contribution in [0.1, 0.15) is 37.0 Å². The van der Waals surface area contributed by atoms with E-state index >= 15 is 0 Å². The summed E-state index contributed by atoms with van der Waals surface area (Å²) in [6.45, 7) is 4.04. The molecule has 0 aliphatic rings. The summed E-state index contributed by atoms with van der Waals surface area (Å²) in [5.74, 6) is 1.77. The van der Waals surface area contributed by atoms with Crippen LogP contribution in [0.5, 0.6) is 17.2 Å². The van der Waals surface area contributed by atoms with Crippen LogP contribution in [-0.2, 0) is 10.7 Å². The van der Waals surface area contributed by atoms with Gasteiger partial charge in [0.2, 0.25) is 5.75 Å². The Morgan fingerprint density at radius 2 is 1.54 bits per heavy atom. The monoisotopic (exact) mass is 406 g/mol. The van der Waals surface area contributed by atoms with E-state index in [1.807, 2.05) is 50.3 Å². The lowest BCUT2D eigenvalue weighted by molar-refractivity contribution is 0.198. The Morgan fingerprint density at radius 1 is 1.00 bits per heavy atom. The van der Waals surface area contributed by atoms with Gasteiger partial charge in [0.25, 0.3) is 0 Å². The Morgan fingerprint density at radius 3 is 2.00 bits per heavy atom. The van der Waals surface area contributed by atoms with Crippen molar-refractivity contribution in [3.63, 3.8) is 0 Å². The van der Waals surface area contributed by atoms with Gasteiger partial charge in [-0.2, -0.15) is 0 Å². The average Bonchev–Trinajstić information content (AvgIpc) is 2.66. The van der Waals surface area contributed by atoms with Gasteiger partial charge in [0.05, 0.1) is 26.5 Å². The van der Waals surface area contributed by atoms with Gasteiger partial charge in [-0.15, -0.1) is 0 Å². The summed E-state index contributed by atoms with van der Waals surface area (Å²) in [7, 11) is -0.882. The molecule has 28 heavy (non-hydrogen) atoms. The molecule has 2 aromatic rings. The lowest BCUT2D eigenvalue weighted by Crippen LogP contribution is -2.11. The van der Waals surface area contributed by atoms with Crippen LogP contribution in [0.15, 0.2) is 36.4 Å². The van der Waals surface area contributed by atoms with Gasteiger partial charge in [0.1, 0.15) is 0 Å². The molecule has 1 unspecified atom stereocenters. The summed E-state index contributed by atoms with van der Waals surface area (Å²) in [4.78, 5) is 18.1. The Labute approximate surface area is 165 Å². The minimum atomic E-state index is -4.06. The van der Waals surface area contributed by atoms with Crippen molar-refractivity contribution in [3.8, 4) is 17.2 Å². The van der Waals surface area contributed by atoms with E-state index in [9.17, 15) is 4.57 Å². The van der Waals surface area contributed by atoms with Gasteiger partial charge in [0.15, 0.2) is 11.5 Å². The minimum Gasteiger partial charge on any atom is -0.493 e. The molecule has 0 heterocycles. The lowest BCUT2D eigenvalue weighted by atomic mass is 10.1. The third-order valence-electron chi connectivity index (χ3n) is 4.21. The highest BCUT2D eigenvalue weighted by Gasteiger charge is 2.16. The highest BCUT2D eigenvalue weighted by Crippen LogP contribution is 2.40. The number of rotatable bonds is 9. The maximum atomic E-state index is 11.1. The van der Waals surface area contributed by atoms with E-state index in [-0.39, 0.29) is 12.3 Å². The Hall–Kier alpha value is -2.27. The molecule has 0 saturated heterocycles. The molecule has 6 nitrogen and oxygen atoms in total. The highest BCUT2D eigenvalue weighted by atomic mass is 31.2. The van der Waals surface area contributed by atoms with Gasteiger partial charge in [-0.05, 0) is 42.2 Å². The summed E-state index contributed by atoms with van der Waals surface area (Å²) in [5, 5.41) is 0. The molecule has 0 aliphatic heterocycles. The first-order valence-electron chi connectivity index (χ1n) is 9.00. The van der Waals surface area contributed by atoms with Gasteiger partial charge in [-0.1, -0.05) is 43.3 Å². The molecule has 0 saturated carbocycles. The third-order valence-corrected chi connectivity index (χ3v) is 4.99. The first-order valence-corrected chi connectivity index (χ1v) is 10.8. The number of methoxy groups -OCH3 is 2. The average molecular weight is 406 g/mol. The normalized spacial score (nSPS) is 12.8. The first-order chi connectivity index (χ1) is 13.3. The predicted octanol–water partition coefficient (Wildman–Crippen LogP) is 4.73. The van der Waals surface area contributed by atoms with E-state index in [0.29, 0.717) is 22.8 Å². The van der Waals surface area contributed by atoms with Crippen LogP contribution >= 0.6 is 7.60 Å². The van der Waals surface area contributed by atoms with Crippen molar-refractivity contribution < 1.29 is 28.6 Å². The molecule has 0 bridgehead atoms. The Kier molecular flexibility index (Phi) is 7.69. The summed E-state index contributed by atoms with van der Waals surface area (Å²) >= 11 is 0. The van der Waals surface area contributed by atoms with Crippen molar-refractivity contribution in [1.29, 1.82) is 0 Å². The van der Waals surface area contributed by atoms with Crippen LogP contribution in [0, 0.1) is 0 Å². The fourth-order valence-corrected chi connectivity index (χ4v) is 3.25. The maximum Gasteiger partial charge on any atom is 0.329 e. The largest absolute Gasteiger partial charge is 0.493 e. The van der Waals surface area contributed by atoms with Gasteiger partial charge in [-0.3, -0.25) is 4.57 Å². The summed E-state index contributed by atoms with van der Waals surface area (Å²) in [5.41, 5.74) is 2.39. The molecule has 0 radical (unpaired) electrons. The van der Waals surface area contributed by atoms with Crippen LogP contribution in [0.25, 0.3) is 12.2 Å². The smallest absolute Gasteiger partial charge is 0.329 e. The van der Waals surface area contributed by atoms with Crippen molar-refractivity contribution in [2.24, 2.45) is 0 Å². The molecule has 1 atom stereocenters. The molecule has 0 aromatic heterocycles. The summed E-state index contributed by atoms with van der Waals surface area (Å²) < 4.78 is 28.0. The van der Waals surface area contributed by atoms with E-state index in [1.165, 1.54) is 0 Å². The number of hydrogen-bond acceptors (Lipinski definition) is 4. The van der Waals surface area contributed by atoms with E-state index < -0.39 is 7.60 Å². The topological polar surface area (TPSA) is 85.2 Å². The van der Waals surface area contributed by atoms with Crippen LogP contribution in [0.3, 0.4) is 0 Å². The second-order valence-corrected chi connectivity index (χ2v) is 8.13. The van der Waals surface area contributed by atoms with E-state index in [4.69, 9.17) is 24.0 Å². The SMILES string of the molecule is CCC(C)Oc1c(OC)cc(/C=C/c2ccc(CP(=O)(O)O)cc2)cc1OC. The van der Waals surface area contributed by atoms with Crippen LogP contribution in [-0.4, -0.2) is 30.1 Å². The second kappa shape index (κ2) is 9.78.